The van der Waals surface area contributed by atoms with Gasteiger partial charge in [-0.3, -0.25) is 9.78 Å². The fourth-order valence-corrected chi connectivity index (χ4v) is 3.32. The summed E-state index contributed by atoms with van der Waals surface area (Å²) in [6.07, 6.45) is 12.1. The van der Waals surface area contributed by atoms with Gasteiger partial charge in [0.1, 0.15) is 6.10 Å². The molecule has 0 aliphatic heterocycles. The molecule has 0 spiro atoms. The SMILES string of the molecule is O=C(NC1CCC(Oc2cnccn2)CC1)c1cccc(-n2cccn2)c1. The zero-order valence-corrected chi connectivity index (χ0v) is 14.9. The topological polar surface area (TPSA) is 81.9 Å². The Labute approximate surface area is 157 Å². The van der Waals surface area contributed by atoms with Gasteiger partial charge in [-0.25, -0.2) is 9.67 Å². The molecule has 1 fully saturated rings. The van der Waals surface area contributed by atoms with Gasteiger partial charge in [0.15, 0.2) is 0 Å². The highest BCUT2D eigenvalue weighted by atomic mass is 16.5. The molecular formula is C20H21N5O2. The van der Waals surface area contributed by atoms with Gasteiger partial charge in [0, 0.05) is 36.4 Å². The van der Waals surface area contributed by atoms with E-state index in [0.29, 0.717) is 11.4 Å². The number of ether oxygens (including phenoxy) is 1. The number of hydrogen-bond donors (Lipinski definition) is 1. The summed E-state index contributed by atoms with van der Waals surface area (Å²) in [6, 6.07) is 9.49. The lowest BCUT2D eigenvalue weighted by Gasteiger charge is -2.29. The van der Waals surface area contributed by atoms with Crippen molar-refractivity contribution in [3.05, 3.63) is 66.9 Å². The maximum atomic E-state index is 12.6. The van der Waals surface area contributed by atoms with E-state index in [-0.39, 0.29) is 18.1 Å². The van der Waals surface area contributed by atoms with Crippen molar-refractivity contribution in [3.8, 4) is 11.6 Å². The van der Waals surface area contributed by atoms with Gasteiger partial charge in [0.2, 0.25) is 5.88 Å². The van der Waals surface area contributed by atoms with Crippen LogP contribution in [-0.2, 0) is 0 Å². The molecule has 1 aliphatic carbocycles. The second-order valence-electron chi connectivity index (χ2n) is 6.61. The summed E-state index contributed by atoms with van der Waals surface area (Å²) >= 11 is 0. The third kappa shape index (κ3) is 4.31. The van der Waals surface area contributed by atoms with Crippen LogP contribution in [0.3, 0.4) is 0 Å². The van der Waals surface area contributed by atoms with Crippen molar-refractivity contribution in [1.82, 2.24) is 25.1 Å². The number of hydrogen-bond acceptors (Lipinski definition) is 5. The largest absolute Gasteiger partial charge is 0.473 e. The monoisotopic (exact) mass is 363 g/mol. The molecule has 1 saturated carbocycles. The second kappa shape index (κ2) is 7.99. The fraction of sp³-hybridized carbons (Fsp3) is 0.300. The van der Waals surface area contributed by atoms with E-state index in [1.165, 1.54) is 0 Å². The molecule has 1 aliphatic rings. The summed E-state index contributed by atoms with van der Waals surface area (Å²) in [6.45, 7) is 0. The first-order chi connectivity index (χ1) is 13.3. The van der Waals surface area contributed by atoms with E-state index in [1.54, 1.807) is 29.5 Å². The van der Waals surface area contributed by atoms with Gasteiger partial charge < -0.3 is 10.1 Å². The Morgan fingerprint density at radius 1 is 1.11 bits per heavy atom. The van der Waals surface area contributed by atoms with Crippen LogP contribution in [-0.4, -0.2) is 37.8 Å². The van der Waals surface area contributed by atoms with Crippen LogP contribution in [0.1, 0.15) is 36.0 Å². The molecule has 7 nitrogen and oxygen atoms in total. The predicted molar refractivity (Wildman–Crippen MR) is 99.7 cm³/mol. The summed E-state index contributed by atoms with van der Waals surface area (Å²) in [7, 11) is 0. The Bertz CT molecular complexity index is 874. The highest BCUT2D eigenvalue weighted by molar-refractivity contribution is 5.94. The average molecular weight is 363 g/mol. The van der Waals surface area contributed by atoms with E-state index in [0.717, 1.165) is 31.4 Å². The Morgan fingerprint density at radius 3 is 2.74 bits per heavy atom. The number of amides is 1. The maximum absolute atomic E-state index is 12.6. The predicted octanol–water partition coefficient (Wildman–Crippen LogP) is 2.78. The van der Waals surface area contributed by atoms with Crippen molar-refractivity contribution in [2.45, 2.75) is 37.8 Å². The van der Waals surface area contributed by atoms with E-state index in [2.05, 4.69) is 20.4 Å². The van der Waals surface area contributed by atoms with E-state index in [1.807, 2.05) is 36.5 Å². The number of nitrogens with one attached hydrogen (secondary N) is 1. The smallest absolute Gasteiger partial charge is 0.251 e. The van der Waals surface area contributed by atoms with Crippen molar-refractivity contribution >= 4 is 5.91 Å². The molecule has 2 heterocycles. The lowest BCUT2D eigenvalue weighted by Crippen LogP contribution is -2.39. The van der Waals surface area contributed by atoms with Crippen LogP contribution in [0, 0.1) is 0 Å². The summed E-state index contributed by atoms with van der Waals surface area (Å²) in [5.74, 6) is 0.503. The summed E-state index contributed by atoms with van der Waals surface area (Å²) in [5, 5.41) is 7.35. The minimum atomic E-state index is -0.0534. The van der Waals surface area contributed by atoms with Crippen molar-refractivity contribution in [3.63, 3.8) is 0 Å². The van der Waals surface area contributed by atoms with Crippen LogP contribution < -0.4 is 10.1 Å². The first kappa shape index (κ1) is 17.2. The first-order valence-electron chi connectivity index (χ1n) is 9.11. The lowest BCUT2D eigenvalue weighted by atomic mass is 9.92. The summed E-state index contributed by atoms with van der Waals surface area (Å²) in [5.41, 5.74) is 1.51. The van der Waals surface area contributed by atoms with Gasteiger partial charge in [-0.05, 0) is 49.9 Å². The number of aromatic nitrogens is 4. The Morgan fingerprint density at radius 2 is 2.00 bits per heavy atom. The minimum Gasteiger partial charge on any atom is -0.473 e. The van der Waals surface area contributed by atoms with Crippen LogP contribution in [0.5, 0.6) is 5.88 Å². The Kier molecular flexibility index (Phi) is 5.09. The van der Waals surface area contributed by atoms with E-state index < -0.39 is 0 Å². The van der Waals surface area contributed by atoms with Gasteiger partial charge in [-0.2, -0.15) is 5.10 Å². The third-order valence-electron chi connectivity index (χ3n) is 4.71. The van der Waals surface area contributed by atoms with Crippen molar-refractivity contribution in [2.75, 3.05) is 0 Å². The van der Waals surface area contributed by atoms with Gasteiger partial charge in [-0.15, -0.1) is 0 Å². The number of carbonyl (C=O) groups excluding carboxylic acids is 1. The van der Waals surface area contributed by atoms with Crippen molar-refractivity contribution < 1.29 is 9.53 Å². The lowest BCUT2D eigenvalue weighted by molar-refractivity contribution is 0.0890. The van der Waals surface area contributed by atoms with Crippen molar-refractivity contribution in [1.29, 1.82) is 0 Å². The third-order valence-corrected chi connectivity index (χ3v) is 4.71. The van der Waals surface area contributed by atoms with E-state index >= 15 is 0 Å². The van der Waals surface area contributed by atoms with Gasteiger partial charge in [-0.1, -0.05) is 6.07 Å². The Hall–Kier alpha value is -3.22. The molecule has 7 heteroatoms. The fourth-order valence-electron chi connectivity index (χ4n) is 3.32. The molecular weight excluding hydrogens is 342 g/mol. The Balaban J connectivity index is 1.31. The molecule has 27 heavy (non-hydrogen) atoms. The number of carbonyl (C=O) groups is 1. The van der Waals surface area contributed by atoms with Gasteiger partial charge >= 0.3 is 0 Å². The molecule has 0 bridgehead atoms. The quantitative estimate of drug-likeness (QED) is 0.754. The summed E-state index contributed by atoms with van der Waals surface area (Å²) < 4.78 is 7.60. The molecule has 1 N–H and O–H groups in total. The second-order valence-corrected chi connectivity index (χ2v) is 6.61. The van der Waals surface area contributed by atoms with Crippen molar-refractivity contribution in [2.24, 2.45) is 0 Å². The zero-order valence-electron chi connectivity index (χ0n) is 14.9. The van der Waals surface area contributed by atoms with Gasteiger partial charge in [0.25, 0.3) is 5.91 Å². The molecule has 1 amide bonds. The number of benzene rings is 1. The highest BCUT2D eigenvalue weighted by Crippen LogP contribution is 2.23. The molecule has 0 radical (unpaired) electrons. The standard InChI is InChI=1S/C20H21N5O2/c26-20(15-3-1-4-17(13-15)25-12-2-9-23-25)24-16-5-7-18(8-6-16)27-19-14-21-10-11-22-19/h1-4,9-14,16,18H,5-8H2,(H,24,26). The van der Waals surface area contributed by atoms with Gasteiger partial charge in [0.05, 0.1) is 11.9 Å². The molecule has 3 aromatic rings. The van der Waals surface area contributed by atoms with Crippen LogP contribution in [0.25, 0.3) is 5.69 Å². The molecule has 1 aromatic carbocycles. The number of rotatable bonds is 5. The highest BCUT2D eigenvalue weighted by Gasteiger charge is 2.24. The van der Waals surface area contributed by atoms with Crippen LogP contribution in [0.15, 0.2) is 61.3 Å². The molecule has 0 saturated heterocycles. The summed E-state index contributed by atoms with van der Waals surface area (Å²) in [4.78, 5) is 20.8. The minimum absolute atomic E-state index is 0.0534. The maximum Gasteiger partial charge on any atom is 0.251 e. The molecule has 2 aromatic heterocycles. The molecule has 0 unspecified atom stereocenters. The normalized spacial score (nSPS) is 19.4. The zero-order chi connectivity index (χ0) is 18.5. The molecule has 0 atom stereocenters. The van der Waals surface area contributed by atoms with Crippen LogP contribution in [0.4, 0.5) is 0 Å². The van der Waals surface area contributed by atoms with Crippen LogP contribution >= 0.6 is 0 Å². The average Bonchev–Trinajstić information content (AvgIpc) is 3.25. The van der Waals surface area contributed by atoms with Crippen LogP contribution in [0.2, 0.25) is 0 Å². The molecule has 138 valence electrons. The first-order valence-corrected chi connectivity index (χ1v) is 9.11. The van der Waals surface area contributed by atoms with E-state index in [4.69, 9.17) is 4.74 Å². The number of nitrogens with zero attached hydrogens (tertiary/aromatic N) is 4. The molecule has 4 rings (SSSR count). The van der Waals surface area contributed by atoms with E-state index in [9.17, 15) is 4.79 Å².